The second-order valence-electron chi connectivity index (χ2n) is 3.84. The molecule has 4 heteroatoms. The summed E-state index contributed by atoms with van der Waals surface area (Å²) in [6.07, 6.45) is 0. The fourth-order valence-electron chi connectivity index (χ4n) is 1.36. The van der Waals surface area contributed by atoms with Gasteiger partial charge in [-0.1, -0.05) is 29.8 Å². The number of hydrogen-bond acceptors (Lipinski definition) is 2. The molecule has 84 valence electrons. The lowest BCUT2D eigenvalue weighted by Crippen LogP contribution is -2.19. The first-order chi connectivity index (χ1) is 7.47. The molecule has 0 saturated carbocycles. The van der Waals surface area contributed by atoms with E-state index in [4.69, 9.17) is 5.26 Å². The average molecular weight is 284 g/mol. The highest BCUT2D eigenvalue weighted by atomic mass is 79.9. The summed E-state index contributed by atoms with van der Waals surface area (Å²) in [6, 6.07) is 5.84. The third kappa shape index (κ3) is 2.67. The Hall–Kier alpha value is -1.21. The standard InChI is InChI=1S/C12H11BrFNO/c1-7(2)10(6-15)12(16)9-5-8(14)3-4-11(9)13/h3-5,7,10H,1-2H3. The Morgan fingerprint density at radius 2 is 2.12 bits per heavy atom. The summed E-state index contributed by atoms with van der Waals surface area (Å²) in [7, 11) is 0. The van der Waals surface area contributed by atoms with Gasteiger partial charge in [0.2, 0.25) is 0 Å². The highest BCUT2D eigenvalue weighted by Gasteiger charge is 2.24. The Morgan fingerprint density at radius 1 is 1.50 bits per heavy atom. The van der Waals surface area contributed by atoms with Crippen molar-refractivity contribution >= 4 is 21.7 Å². The van der Waals surface area contributed by atoms with E-state index in [-0.39, 0.29) is 17.3 Å². The van der Waals surface area contributed by atoms with Crippen molar-refractivity contribution in [2.24, 2.45) is 11.8 Å². The van der Waals surface area contributed by atoms with Gasteiger partial charge >= 0.3 is 0 Å². The van der Waals surface area contributed by atoms with Crippen LogP contribution in [0.25, 0.3) is 0 Å². The molecule has 1 aromatic rings. The van der Waals surface area contributed by atoms with Crippen LogP contribution < -0.4 is 0 Å². The van der Waals surface area contributed by atoms with Gasteiger partial charge in [-0.25, -0.2) is 4.39 Å². The molecule has 1 aromatic carbocycles. The fraction of sp³-hybridized carbons (Fsp3) is 0.333. The molecule has 16 heavy (non-hydrogen) atoms. The molecular weight excluding hydrogens is 273 g/mol. The minimum Gasteiger partial charge on any atom is -0.293 e. The maximum atomic E-state index is 13.0. The lowest BCUT2D eigenvalue weighted by atomic mass is 9.89. The smallest absolute Gasteiger partial charge is 0.181 e. The van der Waals surface area contributed by atoms with Crippen LogP contribution in [0, 0.1) is 29.0 Å². The number of Topliss-reactive ketones (excluding diaryl/α,β-unsaturated/α-hetero) is 1. The molecule has 0 bridgehead atoms. The second-order valence-corrected chi connectivity index (χ2v) is 4.69. The number of rotatable bonds is 3. The maximum absolute atomic E-state index is 13.0. The van der Waals surface area contributed by atoms with Gasteiger partial charge in [-0.05, 0) is 24.1 Å². The van der Waals surface area contributed by atoms with Crippen molar-refractivity contribution in [2.75, 3.05) is 0 Å². The Balaban J connectivity index is 3.14. The lowest BCUT2D eigenvalue weighted by Gasteiger charge is -2.12. The van der Waals surface area contributed by atoms with Crippen LogP contribution in [0.2, 0.25) is 0 Å². The van der Waals surface area contributed by atoms with Crippen molar-refractivity contribution in [3.63, 3.8) is 0 Å². The van der Waals surface area contributed by atoms with Crippen LogP contribution in [0.1, 0.15) is 24.2 Å². The van der Waals surface area contributed by atoms with E-state index in [1.807, 2.05) is 6.07 Å². The predicted octanol–water partition coefficient (Wildman–Crippen LogP) is 3.57. The number of carbonyl (C=O) groups excluding carboxylic acids is 1. The number of nitrogens with zero attached hydrogens (tertiary/aromatic N) is 1. The van der Waals surface area contributed by atoms with E-state index in [0.29, 0.717) is 4.47 Å². The fourth-order valence-corrected chi connectivity index (χ4v) is 1.81. The van der Waals surface area contributed by atoms with Crippen LogP contribution in [0.5, 0.6) is 0 Å². The summed E-state index contributed by atoms with van der Waals surface area (Å²) in [4.78, 5) is 12.0. The molecule has 0 aliphatic carbocycles. The van der Waals surface area contributed by atoms with E-state index in [9.17, 15) is 9.18 Å². The Labute approximate surface area is 102 Å². The van der Waals surface area contributed by atoms with E-state index in [1.54, 1.807) is 13.8 Å². The molecule has 1 unspecified atom stereocenters. The molecule has 0 amide bonds. The van der Waals surface area contributed by atoms with Crippen molar-refractivity contribution in [1.82, 2.24) is 0 Å². The molecule has 2 nitrogen and oxygen atoms in total. The van der Waals surface area contributed by atoms with Crippen molar-refractivity contribution in [2.45, 2.75) is 13.8 Å². The molecule has 1 rings (SSSR count). The molecule has 0 aromatic heterocycles. The third-order valence-electron chi connectivity index (χ3n) is 2.28. The van der Waals surface area contributed by atoms with E-state index in [2.05, 4.69) is 15.9 Å². The van der Waals surface area contributed by atoms with Crippen LogP contribution >= 0.6 is 15.9 Å². The summed E-state index contributed by atoms with van der Waals surface area (Å²) in [5.74, 6) is -1.65. The number of halogens is 2. The topological polar surface area (TPSA) is 40.9 Å². The summed E-state index contributed by atoms with van der Waals surface area (Å²) in [6.45, 7) is 3.58. The Kier molecular flexibility index (Phi) is 4.19. The average Bonchev–Trinajstić information content (AvgIpc) is 2.22. The number of ketones is 1. The van der Waals surface area contributed by atoms with Gasteiger partial charge in [-0.15, -0.1) is 0 Å². The molecule has 0 fully saturated rings. The monoisotopic (exact) mass is 283 g/mol. The van der Waals surface area contributed by atoms with Crippen LogP contribution in [-0.2, 0) is 0 Å². The van der Waals surface area contributed by atoms with E-state index >= 15 is 0 Å². The normalized spacial score (nSPS) is 12.2. The minimum absolute atomic E-state index is 0.0901. The molecule has 0 aliphatic heterocycles. The van der Waals surface area contributed by atoms with Gasteiger partial charge in [-0.3, -0.25) is 4.79 Å². The molecule has 1 atom stereocenters. The van der Waals surface area contributed by atoms with E-state index < -0.39 is 11.7 Å². The first-order valence-corrected chi connectivity index (χ1v) is 5.65. The zero-order valence-electron chi connectivity index (χ0n) is 9.00. The highest BCUT2D eigenvalue weighted by Crippen LogP contribution is 2.24. The van der Waals surface area contributed by atoms with E-state index in [0.717, 1.165) is 6.07 Å². The quantitative estimate of drug-likeness (QED) is 0.796. The van der Waals surface area contributed by atoms with E-state index in [1.165, 1.54) is 12.1 Å². The van der Waals surface area contributed by atoms with Gasteiger partial charge in [-0.2, -0.15) is 5.26 Å². The zero-order valence-corrected chi connectivity index (χ0v) is 10.6. The van der Waals surface area contributed by atoms with Gasteiger partial charge in [0.15, 0.2) is 5.78 Å². The maximum Gasteiger partial charge on any atom is 0.181 e. The van der Waals surface area contributed by atoms with Crippen LogP contribution in [0.3, 0.4) is 0 Å². The SMILES string of the molecule is CC(C)C(C#N)C(=O)c1cc(F)ccc1Br. The van der Waals surface area contributed by atoms with Crippen LogP contribution in [0.15, 0.2) is 22.7 Å². The number of carbonyl (C=O) groups is 1. The van der Waals surface area contributed by atoms with Crippen molar-refractivity contribution < 1.29 is 9.18 Å². The van der Waals surface area contributed by atoms with Crippen molar-refractivity contribution in [1.29, 1.82) is 5.26 Å². The molecule has 0 spiro atoms. The molecular formula is C12H11BrFNO. The van der Waals surface area contributed by atoms with Crippen molar-refractivity contribution in [3.8, 4) is 6.07 Å². The van der Waals surface area contributed by atoms with Gasteiger partial charge < -0.3 is 0 Å². The van der Waals surface area contributed by atoms with Gasteiger partial charge in [0.05, 0.1) is 6.07 Å². The molecule has 0 heterocycles. The summed E-state index contributed by atoms with van der Waals surface area (Å²) in [5.41, 5.74) is 0.222. The Bertz CT molecular complexity index is 451. The van der Waals surface area contributed by atoms with Crippen LogP contribution in [0.4, 0.5) is 4.39 Å². The molecule has 0 aliphatic rings. The first kappa shape index (κ1) is 12.9. The van der Waals surface area contributed by atoms with Gasteiger partial charge in [0, 0.05) is 10.0 Å². The molecule has 0 N–H and O–H groups in total. The summed E-state index contributed by atoms with van der Waals surface area (Å²) in [5, 5.41) is 8.91. The number of hydrogen-bond donors (Lipinski definition) is 0. The van der Waals surface area contributed by atoms with Gasteiger partial charge in [0.1, 0.15) is 11.7 Å². The molecule has 0 saturated heterocycles. The lowest BCUT2D eigenvalue weighted by molar-refractivity contribution is 0.0923. The third-order valence-corrected chi connectivity index (χ3v) is 2.97. The zero-order chi connectivity index (χ0) is 12.3. The highest BCUT2D eigenvalue weighted by molar-refractivity contribution is 9.10. The van der Waals surface area contributed by atoms with Crippen LogP contribution in [-0.4, -0.2) is 5.78 Å². The largest absolute Gasteiger partial charge is 0.293 e. The minimum atomic E-state index is -0.738. The number of benzene rings is 1. The summed E-state index contributed by atoms with van der Waals surface area (Å²) < 4.78 is 13.5. The van der Waals surface area contributed by atoms with Crippen molar-refractivity contribution in [3.05, 3.63) is 34.1 Å². The molecule has 0 radical (unpaired) electrons. The Morgan fingerprint density at radius 3 is 2.62 bits per heavy atom. The van der Waals surface area contributed by atoms with Gasteiger partial charge in [0.25, 0.3) is 0 Å². The summed E-state index contributed by atoms with van der Waals surface area (Å²) >= 11 is 3.18. The predicted molar refractivity (Wildman–Crippen MR) is 62.4 cm³/mol. The second kappa shape index (κ2) is 5.22. The number of nitriles is 1. The first-order valence-electron chi connectivity index (χ1n) is 4.86.